The Morgan fingerprint density at radius 1 is 1.10 bits per heavy atom. The molecule has 0 saturated carbocycles. The zero-order chi connectivity index (χ0) is 14.5. The van der Waals surface area contributed by atoms with Crippen molar-refractivity contribution in [2.75, 3.05) is 0 Å². The van der Waals surface area contributed by atoms with Crippen LogP contribution in [0.4, 0.5) is 4.39 Å². The highest BCUT2D eigenvalue weighted by Crippen LogP contribution is 2.22. The van der Waals surface area contributed by atoms with Crippen LogP contribution in [-0.4, -0.2) is 5.78 Å². The SMILES string of the molecule is CCC(=O)/C(=C/c1ccc(Cl)cc1)c1ccc(F)cc1. The predicted molar refractivity (Wildman–Crippen MR) is 81.0 cm³/mol. The molecular formula is C17H14ClFO. The van der Waals surface area contributed by atoms with Gasteiger partial charge in [-0.15, -0.1) is 0 Å². The first-order chi connectivity index (χ1) is 9.60. The number of hydrogen-bond acceptors (Lipinski definition) is 1. The molecule has 2 aromatic carbocycles. The lowest BCUT2D eigenvalue weighted by Crippen LogP contribution is -2.00. The highest BCUT2D eigenvalue weighted by Gasteiger charge is 2.10. The molecule has 3 heteroatoms. The van der Waals surface area contributed by atoms with Crippen molar-refractivity contribution in [3.05, 3.63) is 70.5 Å². The molecule has 1 nitrogen and oxygen atoms in total. The number of carbonyl (C=O) groups is 1. The van der Waals surface area contributed by atoms with Crippen LogP contribution in [0.15, 0.2) is 48.5 Å². The Morgan fingerprint density at radius 2 is 1.70 bits per heavy atom. The van der Waals surface area contributed by atoms with Crippen LogP contribution in [0, 0.1) is 5.82 Å². The van der Waals surface area contributed by atoms with Gasteiger partial charge in [-0.2, -0.15) is 0 Å². The van der Waals surface area contributed by atoms with E-state index >= 15 is 0 Å². The van der Waals surface area contributed by atoms with Crippen LogP contribution in [0.2, 0.25) is 5.02 Å². The van der Waals surface area contributed by atoms with E-state index in [-0.39, 0.29) is 11.6 Å². The second-order valence-electron chi connectivity index (χ2n) is 4.39. The molecule has 20 heavy (non-hydrogen) atoms. The smallest absolute Gasteiger partial charge is 0.163 e. The number of rotatable bonds is 4. The number of allylic oxidation sites excluding steroid dienone is 1. The Labute approximate surface area is 122 Å². The predicted octanol–water partition coefficient (Wildman–Crippen LogP) is 5.00. The van der Waals surface area contributed by atoms with E-state index < -0.39 is 0 Å². The van der Waals surface area contributed by atoms with E-state index in [0.29, 0.717) is 22.6 Å². The van der Waals surface area contributed by atoms with Gasteiger partial charge in [-0.25, -0.2) is 4.39 Å². The Hall–Kier alpha value is -1.93. The molecule has 0 bridgehead atoms. The van der Waals surface area contributed by atoms with Crippen LogP contribution in [0.3, 0.4) is 0 Å². The first-order valence-electron chi connectivity index (χ1n) is 6.36. The molecule has 0 spiro atoms. The van der Waals surface area contributed by atoms with Gasteiger partial charge in [0.05, 0.1) is 0 Å². The summed E-state index contributed by atoms with van der Waals surface area (Å²) in [6, 6.07) is 13.2. The van der Waals surface area contributed by atoms with Gasteiger partial charge < -0.3 is 0 Å². The molecule has 0 aliphatic rings. The van der Waals surface area contributed by atoms with Crippen LogP contribution in [0.1, 0.15) is 24.5 Å². The largest absolute Gasteiger partial charge is 0.294 e. The summed E-state index contributed by atoms with van der Waals surface area (Å²) in [6.45, 7) is 1.81. The van der Waals surface area contributed by atoms with Crippen LogP contribution >= 0.6 is 11.6 Å². The molecule has 0 amide bonds. The summed E-state index contributed by atoms with van der Waals surface area (Å²) in [5, 5.41) is 0.646. The summed E-state index contributed by atoms with van der Waals surface area (Å²) in [5.74, 6) is -0.296. The highest BCUT2D eigenvalue weighted by molar-refractivity contribution is 6.30. The minimum Gasteiger partial charge on any atom is -0.294 e. The minimum atomic E-state index is -0.316. The fourth-order valence-corrected chi connectivity index (χ4v) is 2.00. The molecule has 0 unspecified atom stereocenters. The molecule has 102 valence electrons. The van der Waals surface area contributed by atoms with E-state index in [4.69, 9.17) is 11.6 Å². The molecule has 0 saturated heterocycles. The minimum absolute atomic E-state index is 0.0200. The molecule has 0 N–H and O–H groups in total. The topological polar surface area (TPSA) is 17.1 Å². The number of benzene rings is 2. The van der Waals surface area contributed by atoms with Gasteiger partial charge in [0, 0.05) is 17.0 Å². The Kier molecular flexibility index (Phi) is 4.70. The maximum Gasteiger partial charge on any atom is 0.163 e. The van der Waals surface area contributed by atoms with Gasteiger partial charge in [-0.05, 0) is 41.5 Å². The van der Waals surface area contributed by atoms with Gasteiger partial charge >= 0.3 is 0 Å². The molecular weight excluding hydrogens is 275 g/mol. The maximum atomic E-state index is 13.0. The summed E-state index contributed by atoms with van der Waals surface area (Å²) in [4.78, 5) is 12.1. The molecule has 0 aliphatic heterocycles. The molecule has 0 heterocycles. The van der Waals surface area contributed by atoms with Gasteiger partial charge in [-0.3, -0.25) is 4.79 Å². The quantitative estimate of drug-likeness (QED) is 0.571. The van der Waals surface area contributed by atoms with Crippen molar-refractivity contribution in [2.24, 2.45) is 0 Å². The van der Waals surface area contributed by atoms with Crippen molar-refractivity contribution in [3.63, 3.8) is 0 Å². The average molecular weight is 289 g/mol. The van der Waals surface area contributed by atoms with Crippen molar-refractivity contribution < 1.29 is 9.18 Å². The molecule has 0 aliphatic carbocycles. The normalized spacial score (nSPS) is 11.4. The lowest BCUT2D eigenvalue weighted by atomic mass is 9.97. The molecule has 0 fully saturated rings. The van der Waals surface area contributed by atoms with E-state index in [0.717, 1.165) is 5.56 Å². The second kappa shape index (κ2) is 6.49. The van der Waals surface area contributed by atoms with Gasteiger partial charge in [0.1, 0.15) is 5.82 Å². The van der Waals surface area contributed by atoms with E-state index in [1.54, 1.807) is 30.3 Å². The van der Waals surface area contributed by atoms with Gasteiger partial charge in [-0.1, -0.05) is 42.8 Å². The van der Waals surface area contributed by atoms with Crippen molar-refractivity contribution in [1.82, 2.24) is 0 Å². The molecule has 0 aromatic heterocycles. The number of Topliss-reactive ketones (excluding diaryl/α,β-unsaturated/α-hetero) is 1. The zero-order valence-electron chi connectivity index (χ0n) is 11.1. The van der Waals surface area contributed by atoms with Crippen molar-refractivity contribution in [1.29, 1.82) is 0 Å². The third-order valence-electron chi connectivity index (χ3n) is 2.96. The molecule has 0 atom stereocenters. The van der Waals surface area contributed by atoms with Crippen molar-refractivity contribution in [2.45, 2.75) is 13.3 Å². The van der Waals surface area contributed by atoms with Crippen LogP contribution in [0.25, 0.3) is 11.6 Å². The number of hydrogen-bond donors (Lipinski definition) is 0. The van der Waals surface area contributed by atoms with E-state index in [1.807, 2.05) is 19.1 Å². The van der Waals surface area contributed by atoms with E-state index in [2.05, 4.69) is 0 Å². The lowest BCUT2D eigenvalue weighted by molar-refractivity contribution is -0.113. The summed E-state index contributed by atoms with van der Waals surface area (Å²) in [5.41, 5.74) is 2.18. The Balaban J connectivity index is 2.44. The Bertz CT molecular complexity index is 627. The summed E-state index contributed by atoms with van der Waals surface area (Å²) in [7, 11) is 0. The number of ketones is 1. The Morgan fingerprint density at radius 3 is 2.25 bits per heavy atom. The molecule has 0 radical (unpaired) electrons. The maximum absolute atomic E-state index is 13.0. The summed E-state index contributed by atoms with van der Waals surface area (Å²) >= 11 is 5.84. The first kappa shape index (κ1) is 14.5. The number of carbonyl (C=O) groups excluding carboxylic acids is 1. The molecule has 2 aromatic rings. The monoisotopic (exact) mass is 288 g/mol. The van der Waals surface area contributed by atoms with E-state index in [1.165, 1.54) is 12.1 Å². The second-order valence-corrected chi connectivity index (χ2v) is 4.83. The summed E-state index contributed by atoms with van der Waals surface area (Å²) < 4.78 is 13.0. The fourth-order valence-electron chi connectivity index (χ4n) is 1.87. The zero-order valence-corrected chi connectivity index (χ0v) is 11.8. The fraction of sp³-hybridized carbons (Fsp3) is 0.118. The van der Waals surface area contributed by atoms with Gasteiger partial charge in [0.25, 0.3) is 0 Å². The summed E-state index contributed by atoms with van der Waals surface area (Å²) in [6.07, 6.45) is 2.20. The van der Waals surface area contributed by atoms with E-state index in [9.17, 15) is 9.18 Å². The third kappa shape index (κ3) is 3.55. The standard InChI is InChI=1S/C17H14ClFO/c1-2-17(20)16(13-5-9-15(19)10-6-13)11-12-3-7-14(18)8-4-12/h3-11H,2H2,1H3/b16-11+. The van der Waals surface area contributed by atoms with Gasteiger partial charge in [0.2, 0.25) is 0 Å². The van der Waals surface area contributed by atoms with Crippen LogP contribution in [-0.2, 0) is 4.79 Å². The third-order valence-corrected chi connectivity index (χ3v) is 3.21. The lowest BCUT2D eigenvalue weighted by Gasteiger charge is -2.06. The first-order valence-corrected chi connectivity index (χ1v) is 6.74. The van der Waals surface area contributed by atoms with Crippen molar-refractivity contribution in [3.8, 4) is 0 Å². The highest BCUT2D eigenvalue weighted by atomic mass is 35.5. The number of halogens is 2. The van der Waals surface area contributed by atoms with Crippen molar-refractivity contribution >= 4 is 29.0 Å². The molecule has 2 rings (SSSR count). The average Bonchev–Trinajstić information content (AvgIpc) is 2.47. The van der Waals surface area contributed by atoms with Gasteiger partial charge in [0.15, 0.2) is 5.78 Å². The van der Waals surface area contributed by atoms with Crippen LogP contribution < -0.4 is 0 Å². The van der Waals surface area contributed by atoms with Crippen LogP contribution in [0.5, 0.6) is 0 Å².